The number of halogens is 1. The molecular weight excluding hydrogens is 350 g/mol. The molecule has 0 saturated heterocycles. The molecule has 0 aliphatic heterocycles. The van der Waals surface area contributed by atoms with E-state index in [2.05, 4.69) is 21.2 Å². The standard InChI is InChI=1S/C15H12BrN3O3/c16-11-3-1-2-4-12(11)18-14(21)15(22)19-13(20)9-5-7-10(17)8-6-9/h1-8H,17H2,(H,18,21)(H,19,20,22). The summed E-state index contributed by atoms with van der Waals surface area (Å²) < 4.78 is 0.626. The summed E-state index contributed by atoms with van der Waals surface area (Å²) >= 11 is 3.24. The van der Waals surface area contributed by atoms with Crippen LogP contribution in [0.4, 0.5) is 11.4 Å². The van der Waals surface area contributed by atoms with E-state index in [9.17, 15) is 14.4 Å². The largest absolute Gasteiger partial charge is 0.399 e. The highest BCUT2D eigenvalue weighted by Gasteiger charge is 2.18. The molecule has 4 N–H and O–H groups in total. The summed E-state index contributed by atoms with van der Waals surface area (Å²) in [7, 11) is 0. The maximum atomic E-state index is 11.8. The Bertz CT molecular complexity index is 729. The van der Waals surface area contributed by atoms with Crippen LogP contribution in [0.1, 0.15) is 10.4 Å². The van der Waals surface area contributed by atoms with E-state index in [1.165, 1.54) is 24.3 Å². The first kappa shape index (κ1) is 15.7. The Labute approximate surface area is 134 Å². The van der Waals surface area contributed by atoms with Gasteiger partial charge in [-0.2, -0.15) is 0 Å². The van der Waals surface area contributed by atoms with Crippen LogP contribution in [0.25, 0.3) is 0 Å². The third kappa shape index (κ3) is 3.92. The molecule has 0 aliphatic carbocycles. The van der Waals surface area contributed by atoms with Crippen molar-refractivity contribution in [2.45, 2.75) is 0 Å². The van der Waals surface area contributed by atoms with E-state index in [0.717, 1.165) is 0 Å². The molecule has 7 heteroatoms. The Kier molecular flexibility index (Phi) is 4.90. The lowest BCUT2D eigenvalue weighted by Crippen LogP contribution is -2.39. The number of hydrogen-bond acceptors (Lipinski definition) is 4. The zero-order chi connectivity index (χ0) is 16.1. The second-order valence-corrected chi connectivity index (χ2v) is 5.19. The summed E-state index contributed by atoms with van der Waals surface area (Å²) in [6.07, 6.45) is 0. The van der Waals surface area contributed by atoms with Crippen molar-refractivity contribution in [2.24, 2.45) is 0 Å². The first-order valence-electron chi connectivity index (χ1n) is 6.24. The Hall–Kier alpha value is -2.67. The van der Waals surface area contributed by atoms with Gasteiger partial charge in [0.15, 0.2) is 0 Å². The molecule has 112 valence electrons. The van der Waals surface area contributed by atoms with Gasteiger partial charge in [0.25, 0.3) is 5.91 Å². The van der Waals surface area contributed by atoms with E-state index in [-0.39, 0.29) is 5.56 Å². The summed E-state index contributed by atoms with van der Waals surface area (Å²) in [6, 6.07) is 12.8. The monoisotopic (exact) mass is 361 g/mol. The second kappa shape index (κ2) is 6.86. The average molecular weight is 362 g/mol. The van der Waals surface area contributed by atoms with Crippen LogP contribution < -0.4 is 16.4 Å². The molecule has 0 spiro atoms. The van der Waals surface area contributed by atoms with Gasteiger partial charge in [-0.05, 0) is 52.3 Å². The van der Waals surface area contributed by atoms with Gasteiger partial charge in [0.1, 0.15) is 0 Å². The number of rotatable bonds is 2. The zero-order valence-electron chi connectivity index (χ0n) is 11.3. The normalized spacial score (nSPS) is 9.86. The lowest BCUT2D eigenvalue weighted by molar-refractivity contribution is -0.135. The van der Waals surface area contributed by atoms with Crippen molar-refractivity contribution in [3.8, 4) is 0 Å². The number of carbonyl (C=O) groups is 3. The number of nitrogen functional groups attached to an aromatic ring is 1. The first-order valence-corrected chi connectivity index (χ1v) is 7.03. The molecular formula is C15H12BrN3O3. The predicted molar refractivity (Wildman–Crippen MR) is 86.1 cm³/mol. The van der Waals surface area contributed by atoms with Crippen LogP contribution in [-0.2, 0) is 9.59 Å². The van der Waals surface area contributed by atoms with Crippen molar-refractivity contribution >= 4 is 45.0 Å². The minimum Gasteiger partial charge on any atom is -0.399 e. The maximum Gasteiger partial charge on any atom is 0.316 e. The van der Waals surface area contributed by atoms with Gasteiger partial charge in [0, 0.05) is 15.7 Å². The molecule has 0 radical (unpaired) electrons. The number of amides is 3. The molecule has 3 amide bonds. The summed E-state index contributed by atoms with van der Waals surface area (Å²) in [5.74, 6) is -2.65. The van der Waals surface area contributed by atoms with Crippen molar-refractivity contribution in [1.82, 2.24) is 5.32 Å². The first-order chi connectivity index (χ1) is 10.5. The highest BCUT2D eigenvalue weighted by atomic mass is 79.9. The maximum absolute atomic E-state index is 11.8. The zero-order valence-corrected chi connectivity index (χ0v) is 12.9. The van der Waals surface area contributed by atoms with Crippen LogP contribution in [-0.4, -0.2) is 17.7 Å². The molecule has 2 aromatic rings. The third-order valence-electron chi connectivity index (χ3n) is 2.73. The summed E-state index contributed by atoms with van der Waals surface area (Å²) in [6.45, 7) is 0. The van der Waals surface area contributed by atoms with Crippen LogP contribution in [0.5, 0.6) is 0 Å². The van der Waals surface area contributed by atoms with Gasteiger partial charge in [-0.25, -0.2) is 0 Å². The number of imide groups is 1. The number of nitrogens with one attached hydrogen (secondary N) is 2. The molecule has 0 fully saturated rings. The second-order valence-electron chi connectivity index (χ2n) is 4.34. The van der Waals surface area contributed by atoms with Crippen molar-refractivity contribution in [2.75, 3.05) is 11.1 Å². The molecule has 0 saturated carbocycles. The van der Waals surface area contributed by atoms with E-state index in [1.807, 2.05) is 5.32 Å². The van der Waals surface area contributed by atoms with Gasteiger partial charge < -0.3 is 11.1 Å². The van der Waals surface area contributed by atoms with Gasteiger partial charge >= 0.3 is 11.8 Å². The number of benzene rings is 2. The minimum atomic E-state index is -1.04. The Balaban J connectivity index is 1.99. The van der Waals surface area contributed by atoms with E-state index in [1.54, 1.807) is 24.3 Å². The smallest absolute Gasteiger partial charge is 0.316 e. The molecule has 6 nitrogen and oxygen atoms in total. The minimum absolute atomic E-state index is 0.233. The molecule has 0 heterocycles. The highest BCUT2D eigenvalue weighted by Crippen LogP contribution is 2.20. The van der Waals surface area contributed by atoms with E-state index < -0.39 is 17.7 Å². The van der Waals surface area contributed by atoms with E-state index >= 15 is 0 Å². The van der Waals surface area contributed by atoms with Crippen LogP contribution in [0.2, 0.25) is 0 Å². The number of carbonyl (C=O) groups excluding carboxylic acids is 3. The highest BCUT2D eigenvalue weighted by molar-refractivity contribution is 9.10. The number of nitrogens with two attached hydrogens (primary N) is 1. The molecule has 2 aromatic carbocycles. The number of para-hydroxylation sites is 1. The molecule has 0 unspecified atom stereocenters. The van der Waals surface area contributed by atoms with Crippen molar-refractivity contribution in [3.63, 3.8) is 0 Å². The van der Waals surface area contributed by atoms with E-state index in [0.29, 0.717) is 15.8 Å². The molecule has 0 atom stereocenters. The number of hydrogen-bond donors (Lipinski definition) is 3. The molecule has 0 aromatic heterocycles. The Morgan fingerprint density at radius 3 is 2.18 bits per heavy atom. The Morgan fingerprint density at radius 2 is 1.55 bits per heavy atom. The number of anilines is 2. The van der Waals surface area contributed by atoms with Crippen LogP contribution in [0.15, 0.2) is 53.0 Å². The third-order valence-corrected chi connectivity index (χ3v) is 3.42. The summed E-state index contributed by atoms with van der Waals surface area (Å²) in [4.78, 5) is 35.3. The van der Waals surface area contributed by atoms with E-state index in [4.69, 9.17) is 5.73 Å². The fourth-order valence-electron chi connectivity index (χ4n) is 1.61. The van der Waals surface area contributed by atoms with Gasteiger partial charge in [0.05, 0.1) is 5.69 Å². The van der Waals surface area contributed by atoms with Crippen LogP contribution >= 0.6 is 15.9 Å². The SMILES string of the molecule is Nc1ccc(C(=O)NC(=O)C(=O)Nc2ccccc2Br)cc1. The predicted octanol–water partition coefficient (Wildman–Crippen LogP) is 1.93. The van der Waals surface area contributed by atoms with Gasteiger partial charge in [-0.15, -0.1) is 0 Å². The molecule has 22 heavy (non-hydrogen) atoms. The summed E-state index contributed by atoms with van der Waals surface area (Å²) in [5, 5.41) is 4.41. The van der Waals surface area contributed by atoms with Crippen LogP contribution in [0, 0.1) is 0 Å². The lowest BCUT2D eigenvalue weighted by Gasteiger charge is -2.07. The fourth-order valence-corrected chi connectivity index (χ4v) is 1.99. The van der Waals surface area contributed by atoms with Crippen molar-refractivity contribution < 1.29 is 14.4 Å². The van der Waals surface area contributed by atoms with Crippen molar-refractivity contribution in [3.05, 3.63) is 58.6 Å². The average Bonchev–Trinajstić information content (AvgIpc) is 2.50. The van der Waals surface area contributed by atoms with Gasteiger partial charge in [0.2, 0.25) is 0 Å². The molecule has 2 rings (SSSR count). The van der Waals surface area contributed by atoms with Gasteiger partial charge in [-0.3, -0.25) is 19.7 Å². The van der Waals surface area contributed by atoms with Crippen molar-refractivity contribution in [1.29, 1.82) is 0 Å². The lowest BCUT2D eigenvalue weighted by atomic mass is 10.2. The molecule has 0 aliphatic rings. The van der Waals surface area contributed by atoms with Gasteiger partial charge in [-0.1, -0.05) is 12.1 Å². The fraction of sp³-hybridized carbons (Fsp3) is 0. The molecule has 0 bridgehead atoms. The summed E-state index contributed by atoms with van der Waals surface area (Å²) in [5.41, 5.74) is 6.67. The quantitative estimate of drug-likeness (QED) is 0.561. The van der Waals surface area contributed by atoms with Crippen LogP contribution in [0.3, 0.4) is 0 Å². The topological polar surface area (TPSA) is 101 Å². The Morgan fingerprint density at radius 1 is 0.909 bits per heavy atom.